The van der Waals surface area contributed by atoms with E-state index in [2.05, 4.69) is 10.6 Å². The molecule has 2 rings (SSSR count). The normalized spacial score (nSPS) is 18.4. The van der Waals surface area contributed by atoms with Crippen LogP contribution in [0.5, 0.6) is 0 Å². The molecule has 1 aromatic rings. The average Bonchev–Trinajstić information content (AvgIpc) is 2.45. The molecule has 21 heavy (non-hydrogen) atoms. The van der Waals surface area contributed by atoms with Gasteiger partial charge in [0.05, 0.1) is 13.0 Å². The van der Waals surface area contributed by atoms with Crippen molar-refractivity contribution in [2.24, 2.45) is 0 Å². The van der Waals surface area contributed by atoms with Crippen LogP contribution >= 0.6 is 0 Å². The molecule has 2 amide bonds. The number of hydrogen-bond donors (Lipinski definition) is 2. The summed E-state index contributed by atoms with van der Waals surface area (Å²) in [4.78, 5) is 25.6. The molecule has 1 aromatic carbocycles. The van der Waals surface area contributed by atoms with Gasteiger partial charge < -0.3 is 15.5 Å². The van der Waals surface area contributed by atoms with Crippen molar-refractivity contribution in [1.29, 1.82) is 0 Å². The quantitative estimate of drug-likeness (QED) is 0.839. The Morgan fingerprint density at radius 1 is 1.48 bits per heavy atom. The summed E-state index contributed by atoms with van der Waals surface area (Å²) in [5, 5.41) is 5.80. The van der Waals surface area contributed by atoms with E-state index in [1.54, 1.807) is 17.0 Å². The fraction of sp³-hybridized carbons (Fsp3) is 0.467. The molecular formula is C15H20FN3O2. The minimum atomic E-state index is -0.369. The summed E-state index contributed by atoms with van der Waals surface area (Å²) >= 11 is 0. The number of nitrogens with one attached hydrogen (secondary N) is 2. The second-order valence-electron chi connectivity index (χ2n) is 5.22. The fourth-order valence-corrected chi connectivity index (χ4v) is 2.38. The summed E-state index contributed by atoms with van der Waals surface area (Å²) in [5.74, 6) is -0.737. The zero-order valence-corrected chi connectivity index (χ0v) is 12.1. The van der Waals surface area contributed by atoms with Crippen molar-refractivity contribution in [1.82, 2.24) is 15.5 Å². The van der Waals surface area contributed by atoms with Crippen LogP contribution in [0.25, 0.3) is 0 Å². The number of piperazine rings is 1. The zero-order chi connectivity index (χ0) is 15.2. The molecule has 1 atom stereocenters. The first-order chi connectivity index (χ1) is 10.1. The number of carbonyl (C=O) groups excluding carboxylic acids is 2. The second kappa shape index (κ2) is 7.17. The van der Waals surface area contributed by atoms with Crippen molar-refractivity contribution in [2.75, 3.05) is 26.2 Å². The van der Waals surface area contributed by atoms with Crippen LogP contribution in [0.4, 0.5) is 4.39 Å². The number of amides is 2. The smallest absolute Gasteiger partial charge is 0.242 e. The monoisotopic (exact) mass is 293 g/mol. The molecule has 1 aliphatic rings. The first kappa shape index (κ1) is 15.4. The van der Waals surface area contributed by atoms with E-state index in [9.17, 15) is 14.0 Å². The average molecular weight is 293 g/mol. The molecule has 0 radical (unpaired) electrons. The minimum absolute atomic E-state index is 0.0154. The predicted octanol–water partition coefficient (Wildman–Crippen LogP) is 0.305. The molecule has 1 saturated heterocycles. The Kier molecular flexibility index (Phi) is 5.27. The van der Waals surface area contributed by atoms with E-state index >= 15 is 0 Å². The van der Waals surface area contributed by atoms with Crippen molar-refractivity contribution < 1.29 is 14.0 Å². The predicted molar refractivity (Wildman–Crippen MR) is 77.2 cm³/mol. The lowest BCUT2D eigenvalue weighted by atomic mass is 10.1. The SMILES string of the molecule is C[C@H]1CNCCN1C(=O)CNC(=O)Cc1cccc(F)c1. The number of halogens is 1. The Balaban J connectivity index is 1.79. The van der Waals surface area contributed by atoms with Gasteiger partial charge in [-0.05, 0) is 24.6 Å². The molecule has 0 aromatic heterocycles. The largest absolute Gasteiger partial charge is 0.347 e. The van der Waals surface area contributed by atoms with Crippen molar-refractivity contribution in [3.63, 3.8) is 0 Å². The van der Waals surface area contributed by atoms with E-state index in [1.165, 1.54) is 12.1 Å². The van der Waals surface area contributed by atoms with Gasteiger partial charge in [0.2, 0.25) is 11.8 Å². The van der Waals surface area contributed by atoms with E-state index in [1.807, 2.05) is 6.92 Å². The minimum Gasteiger partial charge on any atom is -0.347 e. The Morgan fingerprint density at radius 2 is 2.29 bits per heavy atom. The van der Waals surface area contributed by atoms with Crippen LogP contribution < -0.4 is 10.6 Å². The van der Waals surface area contributed by atoms with Crippen LogP contribution in [0.3, 0.4) is 0 Å². The standard InChI is InChI=1S/C15H20FN3O2/c1-11-9-17-5-6-19(11)15(21)10-18-14(20)8-12-3-2-4-13(16)7-12/h2-4,7,11,17H,5-6,8-10H2,1H3,(H,18,20)/t11-/m0/s1. The summed E-state index contributed by atoms with van der Waals surface area (Å²) in [6.45, 7) is 4.15. The lowest BCUT2D eigenvalue weighted by Crippen LogP contribution is -2.54. The molecule has 0 unspecified atom stereocenters. The first-order valence-corrected chi connectivity index (χ1v) is 7.07. The van der Waals surface area contributed by atoms with Gasteiger partial charge in [0.15, 0.2) is 0 Å². The Hall–Kier alpha value is -1.95. The Morgan fingerprint density at radius 3 is 3.00 bits per heavy atom. The third-order valence-corrected chi connectivity index (χ3v) is 3.51. The van der Waals surface area contributed by atoms with Gasteiger partial charge in [-0.15, -0.1) is 0 Å². The van der Waals surface area contributed by atoms with Gasteiger partial charge in [0.25, 0.3) is 0 Å². The lowest BCUT2D eigenvalue weighted by Gasteiger charge is -2.34. The molecule has 1 heterocycles. The summed E-state index contributed by atoms with van der Waals surface area (Å²) in [7, 11) is 0. The van der Waals surface area contributed by atoms with Crippen LogP contribution in [0.15, 0.2) is 24.3 Å². The maximum absolute atomic E-state index is 13.0. The van der Waals surface area contributed by atoms with Crippen LogP contribution in [-0.4, -0.2) is 48.9 Å². The molecule has 5 nitrogen and oxygen atoms in total. The van der Waals surface area contributed by atoms with E-state index < -0.39 is 0 Å². The highest BCUT2D eigenvalue weighted by Gasteiger charge is 2.22. The summed E-state index contributed by atoms with van der Waals surface area (Å²) in [5.41, 5.74) is 0.593. The molecule has 114 valence electrons. The van der Waals surface area contributed by atoms with Crippen molar-refractivity contribution in [3.05, 3.63) is 35.6 Å². The van der Waals surface area contributed by atoms with E-state index in [0.717, 1.165) is 13.1 Å². The summed E-state index contributed by atoms with van der Waals surface area (Å²) < 4.78 is 13.0. The number of nitrogens with zero attached hydrogens (tertiary/aromatic N) is 1. The Bertz CT molecular complexity index is 521. The molecule has 1 fully saturated rings. The summed E-state index contributed by atoms with van der Waals surface area (Å²) in [6, 6.07) is 6.02. The highest BCUT2D eigenvalue weighted by Crippen LogP contribution is 2.05. The topological polar surface area (TPSA) is 61.4 Å². The highest BCUT2D eigenvalue weighted by atomic mass is 19.1. The van der Waals surface area contributed by atoms with Crippen LogP contribution in [0, 0.1) is 5.82 Å². The van der Waals surface area contributed by atoms with E-state index in [0.29, 0.717) is 12.1 Å². The van der Waals surface area contributed by atoms with E-state index in [-0.39, 0.29) is 36.6 Å². The van der Waals surface area contributed by atoms with Gasteiger partial charge >= 0.3 is 0 Å². The molecule has 0 aliphatic carbocycles. The third kappa shape index (κ3) is 4.53. The molecule has 6 heteroatoms. The van der Waals surface area contributed by atoms with E-state index in [4.69, 9.17) is 0 Å². The maximum atomic E-state index is 13.0. The second-order valence-corrected chi connectivity index (χ2v) is 5.22. The number of carbonyl (C=O) groups is 2. The summed E-state index contributed by atoms with van der Waals surface area (Å²) in [6.07, 6.45) is 0.0716. The van der Waals surface area contributed by atoms with Crippen molar-refractivity contribution >= 4 is 11.8 Å². The van der Waals surface area contributed by atoms with Crippen LogP contribution in [-0.2, 0) is 16.0 Å². The van der Waals surface area contributed by atoms with Gasteiger partial charge in [0, 0.05) is 25.7 Å². The Labute approximate surface area is 123 Å². The van der Waals surface area contributed by atoms with Crippen LogP contribution in [0.2, 0.25) is 0 Å². The van der Waals surface area contributed by atoms with Crippen molar-refractivity contribution in [3.8, 4) is 0 Å². The maximum Gasteiger partial charge on any atom is 0.242 e. The molecule has 0 saturated carbocycles. The van der Waals surface area contributed by atoms with Gasteiger partial charge in [-0.25, -0.2) is 4.39 Å². The highest BCUT2D eigenvalue weighted by molar-refractivity contribution is 5.85. The molecule has 0 bridgehead atoms. The van der Waals surface area contributed by atoms with Gasteiger partial charge in [-0.2, -0.15) is 0 Å². The first-order valence-electron chi connectivity index (χ1n) is 7.07. The number of hydrogen-bond acceptors (Lipinski definition) is 3. The van der Waals surface area contributed by atoms with Gasteiger partial charge in [-0.1, -0.05) is 12.1 Å². The van der Waals surface area contributed by atoms with Gasteiger partial charge in [0.1, 0.15) is 5.82 Å². The lowest BCUT2D eigenvalue weighted by molar-refractivity contribution is -0.135. The number of rotatable bonds is 4. The fourth-order valence-electron chi connectivity index (χ4n) is 2.38. The molecule has 2 N–H and O–H groups in total. The molecule has 1 aliphatic heterocycles. The molecular weight excluding hydrogens is 273 g/mol. The number of benzene rings is 1. The van der Waals surface area contributed by atoms with Gasteiger partial charge in [-0.3, -0.25) is 9.59 Å². The molecule has 0 spiro atoms. The van der Waals surface area contributed by atoms with Crippen LogP contribution in [0.1, 0.15) is 12.5 Å². The van der Waals surface area contributed by atoms with Crippen molar-refractivity contribution in [2.45, 2.75) is 19.4 Å². The third-order valence-electron chi connectivity index (χ3n) is 3.51. The zero-order valence-electron chi connectivity index (χ0n) is 12.1.